The van der Waals surface area contributed by atoms with Gasteiger partial charge in [-0.3, -0.25) is 4.79 Å². The Hall–Kier alpha value is -2.04. The molecule has 0 radical (unpaired) electrons. The Kier molecular flexibility index (Phi) is 4.61. The maximum Gasteiger partial charge on any atom is 0.226 e. The molecule has 1 aliphatic carbocycles. The molecule has 108 valence electrons. The molecule has 0 bridgehead atoms. The lowest BCUT2D eigenvalue weighted by Gasteiger charge is -2.20. The van der Waals surface area contributed by atoms with Gasteiger partial charge < -0.3 is 15.8 Å². The number of hydrogen-bond acceptors (Lipinski definition) is 3. The highest BCUT2D eigenvalue weighted by Gasteiger charge is 2.21. The fraction of sp³-hybridized carbons (Fsp3) is 0.467. The average molecular weight is 275 g/mol. The summed E-state index contributed by atoms with van der Waals surface area (Å²) >= 11 is 0. The minimum atomic E-state index is 0.0449. The highest BCUT2D eigenvalue weighted by Crippen LogP contribution is 2.28. The van der Waals surface area contributed by atoms with Crippen LogP contribution in [0.25, 0.3) is 0 Å². The molecule has 2 rings (SSSR count). The first-order valence-corrected chi connectivity index (χ1v) is 6.96. The number of oxime groups is 1. The van der Waals surface area contributed by atoms with Gasteiger partial charge in [0.15, 0.2) is 5.84 Å². The van der Waals surface area contributed by atoms with Crippen molar-refractivity contribution in [2.45, 2.75) is 32.1 Å². The predicted molar refractivity (Wildman–Crippen MR) is 78.9 cm³/mol. The maximum atomic E-state index is 12.3. The van der Waals surface area contributed by atoms with Crippen LogP contribution in [0.1, 0.15) is 37.7 Å². The van der Waals surface area contributed by atoms with Crippen molar-refractivity contribution < 1.29 is 10.0 Å². The van der Waals surface area contributed by atoms with Gasteiger partial charge in [0.1, 0.15) is 0 Å². The molecular weight excluding hydrogens is 254 g/mol. The van der Waals surface area contributed by atoms with Gasteiger partial charge in [-0.15, -0.1) is 0 Å². The molecule has 1 aromatic rings. The fourth-order valence-electron chi connectivity index (χ4n) is 2.67. The molecule has 0 saturated heterocycles. The van der Waals surface area contributed by atoms with Crippen molar-refractivity contribution in [2.24, 2.45) is 16.8 Å². The van der Waals surface area contributed by atoms with E-state index in [1.165, 1.54) is 12.8 Å². The number of nitrogens with zero attached hydrogens (tertiary/aromatic N) is 2. The lowest BCUT2D eigenvalue weighted by atomic mass is 10.0. The smallest absolute Gasteiger partial charge is 0.226 e. The number of amides is 1. The molecule has 0 unspecified atom stereocenters. The van der Waals surface area contributed by atoms with Gasteiger partial charge in [-0.25, -0.2) is 0 Å². The van der Waals surface area contributed by atoms with Crippen LogP contribution in [0.15, 0.2) is 29.4 Å². The molecule has 0 spiro atoms. The summed E-state index contributed by atoms with van der Waals surface area (Å²) in [6, 6.07) is 7.14. The van der Waals surface area contributed by atoms with Crippen LogP contribution < -0.4 is 10.6 Å². The van der Waals surface area contributed by atoms with Crippen LogP contribution >= 0.6 is 0 Å². The molecular formula is C15H21N3O2. The predicted octanol–water partition coefficient (Wildman–Crippen LogP) is 2.32. The Balaban J connectivity index is 2.07. The van der Waals surface area contributed by atoms with E-state index >= 15 is 0 Å². The lowest BCUT2D eigenvalue weighted by Crippen LogP contribution is -2.28. The molecule has 20 heavy (non-hydrogen) atoms. The third kappa shape index (κ3) is 3.29. The minimum absolute atomic E-state index is 0.0449. The number of nitrogens with two attached hydrogens (primary N) is 1. The van der Waals surface area contributed by atoms with Crippen LogP contribution in [0.3, 0.4) is 0 Å². The zero-order valence-electron chi connectivity index (χ0n) is 11.7. The Labute approximate surface area is 119 Å². The van der Waals surface area contributed by atoms with E-state index in [0.29, 0.717) is 17.9 Å². The highest BCUT2D eigenvalue weighted by molar-refractivity contribution is 5.99. The number of carbonyl (C=O) groups is 1. The van der Waals surface area contributed by atoms with Gasteiger partial charge >= 0.3 is 0 Å². The molecule has 0 aliphatic heterocycles. The largest absolute Gasteiger partial charge is 0.409 e. The summed E-state index contributed by atoms with van der Waals surface area (Å²) in [6.07, 6.45) is 5.39. The van der Waals surface area contributed by atoms with E-state index in [-0.39, 0.29) is 11.7 Å². The molecule has 5 nitrogen and oxygen atoms in total. The summed E-state index contributed by atoms with van der Waals surface area (Å²) in [5.41, 5.74) is 6.93. The lowest BCUT2D eigenvalue weighted by molar-refractivity contribution is -0.119. The Morgan fingerprint density at radius 1 is 1.45 bits per heavy atom. The highest BCUT2D eigenvalue weighted by atomic mass is 16.4. The molecule has 1 fully saturated rings. The molecule has 0 atom stereocenters. The van der Waals surface area contributed by atoms with Gasteiger partial charge in [-0.2, -0.15) is 0 Å². The summed E-state index contributed by atoms with van der Waals surface area (Å²) in [6.45, 7) is 0. The van der Waals surface area contributed by atoms with Crippen LogP contribution in [-0.2, 0) is 4.79 Å². The van der Waals surface area contributed by atoms with Crippen molar-refractivity contribution in [1.82, 2.24) is 0 Å². The van der Waals surface area contributed by atoms with E-state index in [1.54, 1.807) is 30.1 Å². The quantitative estimate of drug-likeness (QED) is 0.383. The third-order valence-corrected chi connectivity index (χ3v) is 3.95. The summed E-state index contributed by atoms with van der Waals surface area (Å²) in [7, 11) is 1.77. The Bertz CT molecular complexity index is 508. The summed E-state index contributed by atoms with van der Waals surface area (Å²) in [4.78, 5) is 13.9. The SMILES string of the molecule is CN(C(=O)CC1CCCC1)c1cccc(C(N)=NO)c1. The van der Waals surface area contributed by atoms with Crippen LogP contribution in [0.2, 0.25) is 0 Å². The second-order valence-corrected chi connectivity index (χ2v) is 5.34. The standard InChI is InChI=1S/C15H21N3O2/c1-18(14(19)9-11-5-2-3-6-11)13-8-4-7-12(10-13)15(16)17-20/h4,7-8,10-11,20H,2-3,5-6,9H2,1H3,(H2,16,17). The van der Waals surface area contributed by atoms with Crippen molar-refractivity contribution in [3.8, 4) is 0 Å². The van der Waals surface area contributed by atoms with Crippen LogP contribution in [0.4, 0.5) is 5.69 Å². The minimum Gasteiger partial charge on any atom is -0.409 e. The molecule has 1 aromatic carbocycles. The number of anilines is 1. The number of hydrogen-bond donors (Lipinski definition) is 2. The average Bonchev–Trinajstić information content (AvgIpc) is 2.98. The van der Waals surface area contributed by atoms with Gasteiger partial charge in [0.25, 0.3) is 0 Å². The van der Waals surface area contributed by atoms with Crippen molar-refractivity contribution >= 4 is 17.4 Å². The zero-order chi connectivity index (χ0) is 14.5. The van der Waals surface area contributed by atoms with Crippen LogP contribution in [0, 0.1) is 5.92 Å². The van der Waals surface area contributed by atoms with E-state index in [2.05, 4.69) is 5.16 Å². The maximum absolute atomic E-state index is 12.3. The fourth-order valence-corrected chi connectivity index (χ4v) is 2.67. The van der Waals surface area contributed by atoms with Crippen molar-refractivity contribution in [3.63, 3.8) is 0 Å². The van der Waals surface area contributed by atoms with Gasteiger partial charge in [-0.1, -0.05) is 30.1 Å². The first-order valence-electron chi connectivity index (χ1n) is 6.96. The third-order valence-electron chi connectivity index (χ3n) is 3.95. The molecule has 1 amide bonds. The molecule has 3 N–H and O–H groups in total. The van der Waals surface area contributed by atoms with Gasteiger partial charge in [0, 0.05) is 24.7 Å². The normalized spacial score (nSPS) is 16.4. The number of amidine groups is 1. The second-order valence-electron chi connectivity index (χ2n) is 5.34. The van der Waals surface area contributed by atoms with Crippen molar-refractivity contribution in [1.29, 1.82) is 0 Å². The summed E-state index contributed by atoms with van der Waals surface area (Å²) in [5.74, 6) is 0.689. The first-order chi connectivity index (χ1) is 9.61. The van der Waals surface area contributed by atoms with E-state index in [4.69, 9.17) is 10.9 Å². The number of benzene rings is 1. The van der Waals surface area contributed by atoms with Gasteiger partial charge in [0.05, 0.1) is 0 Å². The number of carbonyl (C=O) groups excluding carboxylic acids is 1. The van der Waals surface area contributed by atoms with E-state index in [0.717, 1.165) is 18.5 Å². The van der Waals surface area contributed by atoms with E-state index in [9.17, 15) is 4.79 Å². The molecule has 1 aliphatic rings. The zero-order valence-corrected chi connectivity index (χ0v) is 11.7. The monoisotopic (exact) mass is 275 g/mol. The van der Waals surface area contributed by atoms with E-state index in [1.807, 2.05) is 6.07 Å². The summed E-state index contributed by atoms with van der Waals surface area (Å²) in [5, 5.41) is 11.7. The van der Waals surface area contributed by atoms with E-state index < -0.39 is 0 Å². The molecule has 0 aromatic heterocycles. The molecule has 1 saturated carbocycles. The van der Waals surface area contributed by atoms with Crippen LogP contribution in [-0.4, -0.2) is 24.0 Å². The summed E-state index contributed by atoms with van der Waals surface area (Å²) < 4.78 is 0. The van der Waals surface area contributed by atoms with Crippen LogP contribution in [0.5, 0.6) is 0 Å². The van der Waals surface area contributed by atoms with Crippen molar-refractivity contribution in [2.75, 3.05) is 11.9 Å². The first kappa shape index (κ1) is 14.4. The Morgan fingerprint density at radius 2 is 2.15 bits per heavy atom. The second kappa shape index (κ2) is 6.41. The van der Waals surface area contributed by atoms with Gasteiger partial charge in [-0.05, 0) is 30.9 Å². The van der Waals surface area contributed by atoms with Crippen molar-refractivity contribution in [3.05, 3.63) is 29.8 Å². The number of rotatable bonds is 4. The topological polar surface area (TPSA) is 78.9 Å². The molecule has 0 heterocycles. The Morgan fingerprint density at radius 3 is 2.80 bits per heavy atom. The molecule has 5 heteroatoms. The van der Waals surface area contributed by atoms with Gasteiger partial charge in [0.2, 0.25) is 5.91 Å².